The molecular weight excluding hydrogens is 224 g/mol. The number of ether oxygens (including phenoxy) is 1. The maximum atomic E-state index is 5.78. The highest BCUT2D eigenvalue weighted by atomic mass is 16.5. The van der Waals surface area contributed by atoms with E-state index in [0.717, 1.165) is 25.1 Å². The van der Waals surface area contributed by atoms with E-state index < -0.39 is 0 Å². The molecule has 0 aliphatic heterocycles. The summed E-state index contributed by atoms with van der Waals surface area (Å²) in [4.78, 5) is 2.26. The Morgan fingerprint density at radius 3 is 2.56 bits per heavy atom. The van der Waals surface area contributed by atoms with Gasteiger partial charge in [0.25, 0.3) is 0 Å². The molecule has 3 heteroatoms. The van der Waals surface area contributed by atoms with Crippen LogP contribution < -0.4 is 15.4 Å². The molecule has 1 aromatic carbocycles. The van der Waals surface area contributed by atoms with Crippen molar-refractivity contribution in [2.45, 2.75) is 39.7 Å². The van der Waals surface area contributed by atoms with Crippen molar-refractivity contribution >= 4 is 5.69 Å². The quantitative estimate of drug-likeness (QED) is 0.843. The molecule has 0 fully saturated rings. The van der Waals surface area contributed by atoms with Crippen LogP contribution in [0.25, 0.3) is 0 Å². The smallest absolute Gasteiger partial charge is 0.142 e. The van der Waals surface area contributed by atoms with Gasteiger partial charge in [-0.3, -0.25) is 0 Å². The van der Waals surface area contributed by atoms with Crippen LogP contribution in [0.5, 0.6) is 5.75 Å². The summed E-state index contributed by atoms with van der Waals surface area (Å²) in [6.07, 6.45) is 2.15. The fourth-order valence-electron chi connectivity index (χ4n) is 2.33. The highest BCUT2D eigenvalue weighted by Crippen LogP contribution is 2.32. The largest absolute Gasteiger partial charge is 0.495 e. The number of hydrogen-bond acceptors (Lipinski definition) is 3. The van der Waals surface area contributed by atoms with Gasteiger partial charge >= 0.3 is 0 Å². The molecule has 0 aliphatic carbocycles. The third-order valence-corrected chi connectivity index (χ3v) is 3.16. The Balaban J connectivity index is 2.81. The average Bonchev–Trinajstić information content (AvgIpc) is 2.26. The third kappa shape index (κ3) is 3.91. The lowest BCUT2D eigenvalue weighted by Gasteiger charge is -2.24. The van der Waals surface area contributed by atoms with E-state index in [0.29, 0.717) is 0 Å². The minimum Gasteiger partial charge on any atom is -0.495 e. The minimum atomic E-state index is 0.277. The molecule has 3 nitrogen and oxygen atoms in total. The maximum Gasteiger partial charge on any atom is 0.142 e. The number of anilines is 1. The summed E-state index contributed by atoms with van der Waals surface area (Å²) in [5.41, 5.74) is 9.46. The first-order valence-corrected chi connectivity index (χ1v) is 6.57. The predicted molar refractivity (Wildman–Crippen MR) is 78.6 cm³/mol. The van der Waals surface area contributed by atoms with Gasteiger partial charge in [-0.05, 0) is 50.8 Å². The number of nitrogens with zero attached hydrogens (tertiary/aromatic N) is 1. The van der Waals surface area contributed by atoms with Gasteiger partial charge in [-0.15, -0.1) is 0 Å². The molecule has 0 aromatic heterocycles. The molecule has 1 rings (SSSR count). The van der Waals surface area contributed by atoms with E-state index in [1.54, 1.807) is 7.11 Å². The lowest BCUT2D eigenvalue weighted by Crippen LogP contribution is -2.23. The van der Waals surface area contributed by atoms with Gasteiger partial charge in [0.15, 0.2) is 0 Å². The summed E-state index contributed by atoms with van der Waals surface area (Å²) in [6.45, 7) is 7.28. The monoisotopic (exact) mass is 250 g/mol. The summed E-state index contributed by atoms with van der Waals surface area (Å²) in [6, 6.07) is 4.56. The van der Waals surface area contributed by atoms with Crippen molar-refractivity contribution in [1.29, 1.82) is 0 Å². The lowest BCUT2D eigenvalue weighted by atomic mass is 10.1. The molecule has 1 atom stereocenters. The molecule has 102 valence electrons. The standard InChI is InChI=1S/C15H26N2O/c1-11-9-12(2)15(14(10-11)18-5)17(4)8-6-7-13(3)16/h9-10,13H,6-8,16H2,1-5H3. The summed E-state index contributed by atoms with van der Waals surface area (Å²) < 4.78 is 5.49. The van der Waals surface area contributed by atoms with Crippen molar-refractivity contribution in [2.75, 3.05) is 25.6 Å². The summed E-state index contributed by atoms with van der Waals surface area (Å²) >= 11 is 0. The van der Waals surface area contributed by atoms with Crippen molar-refractivity contribution in [2.24, 2.45) is 5.73 Å². The highest BCUT2D eigenvalue weighted by Gasteiger charge is 2.12. The van der Waals surface area contributed by atoms with Gasteiger partial charge in [-0.2, -0.15) is 0 Å². The van der Waals surface area contributed by atoms with Gasteiger partial charge in [0.1, 0.15) is 5.75 Å². The Morgan fingerprint density at radius 1 is 1.33 bits per heavy atom. The van der Waals surface area contributed by atoms with Crippen LogP contribution in [0.4, 0.5) is 5.69 Å². The predicted octanol–water partition coefficient (Wildman–Crippen LogP) is 2.88. The van der Waals surface area contributed by atoms with Gasteiger partial charge in [0, 0.05) is 19.6 Å². The molecule has 0 spiro atoms. The van der Waals surface area contributed by atoms with Gasteiger partial charge in [-0.25, -0.2) is 0 Å². The van der Waals surface area contributed by atoms with Crippen molar-refractivity contribution in [3.05, 3.63) is 23.3 Å². The zero-order valence-corrected chi connectivity index (χ0v) is 12.3. The van der Waals surface area contributed by atoms with Crippen LogP contribution in [0.1, 0.15) is 30.9 Å². The molecule has 0 bridgehead atoms. The molecule has 1 aromatic rings. The highest BCUT2D eigenvalue weighted by molar-refractivity contribution is 5.64. The molecule has 0 amide bonds. The maximum absolute atomic E-state index is 5.78. The number of hydrogen-bond donors (Lipinski definition) is 1. The second kappa shape index (κ2) is 6.64. The molecule has 0 saturated heterocycles. The normalized spacial score (nSPS) is 12.3. The van der Waals surface area contributed by atoms with E-state index in [4.69, 9.17) is 10.5 Å². The minimum absolute atomic E-state index is 0.277. The molecule has 0 heterocycles. The molecule has 1 unspecified atom stereocenters. The van der Waals surface area contributed by atoms with Crippen LogP contribution in [0, 0.1) is 13.8 Å². The van der Waals surface area contributed by atoms with Crippen LogP contribution >= 0.6 is 0 Å². The second-order valence-corrected chi connectivity index (χ2v) is 5.17. The molecular formula is C15H26N2O. The number of benzene rings is 1. The van der Waals surface area contributed by atoms with Crippen molar-refractivity contribution < 1.29 is 4.74 Å². The second-order valence-electron chi connectivity index (χ2n) is 5.17. The van der Waals surface area contributed by atoms with E-state index in [-0.39, 0.29) is 6.04 Å². The van der Waals surface area contributed by atoms with Crippen LogP contribution in [-0.2, 0) is 0 Å². The summed E-state index contributed by atoms with van der Waals surface area (Å²) in [7, 11) is 3.84. The fraction of sp³-hybridized carbons (Fsp3) is 0.600. The summed E-state index contributed by atoms with van der Waals surface area (Å²) in [5.74, 6) is 0.954. The Morgan fingerprint density at radius 2 is 2.00 bits per heavy atom. The molecule has 0 saturated carbocycles. The molecule has 0 aliphatic rings. The van der Waals surface area contributed by atoms with Crippen LogP contribution in [0.15, 0.2) is 12.1 Å². The van der Waals surface area contributed by atoms with Crippen LogP contribution in [-0.4, -0.2) is 26.7 Å². The van der Waals surface area contributed by atoms with Gasteiger partial charge < -0.3 is 15.4 Å². The fourth-order valence-corrected chi connectivity index (χ4v) is 2.33. The van der Waals surface area contributed by atoms with E-state index in [9.17, 15) is 0 Å². The van der Waals surface area contributed by atoms with E-state index >= 15 is 0 Å². The molecule has 18 heavy (non-hydrogen) atoms. The SMILES string of the molecule is COc1cc(C)cc(C)c1N(C)CCCC(C)N. The van der Waals surface area contributed by atoms with E-state index in [2.05, 4.69) is 44.9 Å². The summed E-state index contributed by atoms with van der Waals surface area (Å²) in [5, 5.41) is 0. The number of methoxy groups -OCH3 is 1. The Kier molecular flexibility index (Phi) is 5.48. The van der Waals surface area contributed by atoms with E-state index in [1.807, 2.05) is 0 Å². The van der Waals surface area contributed by atoms with Gasteiger partial charge in [0.05, 0.1) is 12.8 Å². The van der Waals surface area contributed by atoms with Crippen molar-refractivity contribution in [3.8, 4) is 5.75 Å². The van der Waals surface area contributed by atoms with Crippen LogP contribution in [0.3, 0.4) is 0 Å². The first-order chi connectivity index (χ1) is 8.45. The first kappa shape index (κ1) is 14.8. The third-order valence-electron chi connectivity index (χ3n) is 3.16. The number of nitrogens with two attached hydrogens (primary N) is 1. The zero-order valence-electron chi connectivity index (χ0n) is 12.3. The Bertz CT molecular complexity index is 388. The molecule has 2 N–H and O–H groups in total. The van der Waals surface area contributed by atoms with Crippen molar-refractivity contribution in [3.63, 3.8) is 0 Å². The lowest BCUT2D eigenvalue weighted by molar-refractivity contribution is 0.414. The first-order valence-electron chi connectivity index (χ1n) is 6.57. The number of aryl methyl sites for hydroxylation is 2. The zero-order chi connectivity index (χ0) is 13.7. The Hall–Kier alpha value is -1.22. The number of rotatable bonds is 6. The van der Waals surface area contributed by atoms with Gasteiger partial charge in [0.2, 0.25) is 0 Å². The van der Waals surface area contributed by atoms with Crippen LogP contribution in [0.2, 0.25) is 0 Å². The van der Waals surface area contributed by atoms with E-state index in [1.165, 1.54) is 16.8 Å². The topological polar surface area (TPSA) is 38.5 Å². The Labute approximate surface area is 111 Å². The van der Waals surface area contributed by atoms with Gasteiger partial charge in [-0.1, -0.05) is 6.07 Å². The average molecular weight is 250 g/mol. The van der Waals surface area contributed by atoms with Crippen molar-refractivity contribution in [1.82, 2.24) is 0 Å². The molecule has 0 radical (unpaired) electrons.